The zero-order valence-electron chi connectivity index (χ0n) is 19.0. The lowest BCUT2D eigenvalue weighted by atomic mass is 10.1. The first-order valence-corrected chi connectivity index (χ1v) is 11.5. The average molecular weight is 536 g/mol. The van der Waals surface area contributed by atoms with Gasteiger partial charge in [0.25, 0.3) is 0 Å². The largest absolute Gasteiger partial charge is 0.493 e. The molecular formula is C23H23F6N3O3S. The summed E-state index contributed by atoms with van der Waals surface area (Å²) in [5, 5.41) is 17.6. The molecule has 3 aromatic rings. The van der Waals surface area contributed by atoms with E-state index in [-0.39, 0.29) is 47.4 Å². The van der Waals surface area contributed by atoms with Crippen molar-refractivity contribution >= 4 is 11.3 Å². The van der Waals surface area contributed by atoms with Crippen molar-refractivity contribution in [2.75, 3.05) is 19.8 Å². The van der Waals surface area contributed by atoms with Gasteiger partial charge in [-0.3, -0.25) is 0 Å². The van der Waals surface area contributed by atoms with E-state index in [1.165, 1.54) is 37.3 Å². The summed E-state index contributed by atoms with van der Waals surface area (Å²) < 4.78 is 90.5. The summed E-state index contributed by atoms with van der Waals surface area (Å²) in [6.07, 6.45) is -8.75. The maximum absolute atomic E-state index is 13.7. The summed E-state index contributed by atoms with van der Waals surface area (Å²) in [5.41, 5.74) is 2.97. The van der Waals surface area contributed by atoms with Crippen LogP contribution >= 0.6 is 11.3 Å². The van der Waals surface area contributed by atoms with Crippen molar-refractivity contribution in [1.82, 2.24) is 10.2 Å². The maximum atomic E-state index is 13.7. The highest BCUT2D eigenvalue weighted by molar-refractivity contribution is 7.14. The molecule has 1 aromatic heterocycles. The Kier molecular flexibility index (Phi) is 8.47. The number of aromatic nitrogens is 2. The SMILES string of the molecule is C[C@](N)(CO)c1nnc(-c2ccc(OCCCCOc3ccccc3C(F)(F)F)c(C(F)(F)F)c2)s1. The van der Waals surface area contributed by atoms with E-state index in [9.17, 15) is 31.4 Å². The number of hydrogen-bond acceptors (Lipinski definition) is 7. The fraction of sp³-hybridized carbons (Fsp3) is 0.391. The Morgan fingerprint density at radius 3 is 2.03 bits per heavy atom. The molecule has 3 N–H and O–H groups in total. The van der Waals surface area contributed by atoms with Crippen LogP contribution in [0.5, 0.6) is 11.5 Å². The number of aliphatic hydroxyl groups excluding tert-OH is 1. The molecule has 0 saturated carbocycles. The fourth-order valence-corrected chi connectivity index (χ4v) is 3.93. The quantitative estimate of drug-likeness (QED) is 0.258. The second kappa shape index (κ2) is 11.0. The van der Waals surface area contributed by atoms with Crippen molar-refractivity contribution in [3.8, 4) is 22.1 Å². The minimum absolute atomic E-state index is 0.0607. The van der Waals surface area contributed by atoms with E-state index in [0.717, 1.165) is 23.5 Å². The lowest BCUT2D eigenvalue weighted by Crippen LogP contribution is -2.36. The Labute approximate surface area is 206 Å². The number of rotatable bonds is 10. The van der Waals surface area contributed by atoms with E-state index in [1.807, 2.05) is 0 Å². The Morgan fingerprint density at radius 2 is 1.44 bits per heavy atom. The van der Waals surface area contributed by atoms with Gasteiger partial charge in [-0.05, 0) is 50.1 Å². The van der Waals surface area contributed by atoms with Gasteiger partial charge >= 0.3 is 12.4 Å². The summed E-state index contributed by atoms with van der Waals surface area (Å²) in [4.78, 5) is 0. The monoisotopic (exact) mass is 535 g/mol. The summed E-state index contributed by atoms with van der Waals surface area (Å²) in [5.74, 6) is -0.701. The minimum atomic E-state index is -4.71. The number of alkyl halides is 6. The second-order valence-corrected chi connectivity index (χ2v) is 9.07. The van der Waals surface area contributed by atoms with Gasteiger partial charge in [0.05, 0.1) is 36.5 Å². The van der Waals surface area contributed by atoms with E-state index in [1.54, 1.807) is 0 Å². The molecule has 1 heterocycles. The van der Waals surface area contributed by atoms with Gasteiger partial charge in [-0.15, -0.1) is 10.2 Å². The van der Waals surface area contributed by atoms with Gasteiger partial charge in [0.15, 0.2) is 0 Å². The zero-order valence-corrected chi connectivity index (χ0v) is 19.8. The van der Waals surface area contributed by atoms with Crippen molar-refractivity contribution in [2.24, 2.45) is 5.73 Å². The predicted molar refractivity (Wildman–Crippen MR) is 121 cm³/mol. The van der Waals surface area contributed by atoms with Crippen molar-refractivity contribution in [3.05, 3.63) is 58.6 Å². The van der Waals surface area contributed by atoms with Crippen LogP contribution in [0.1, 0.15) is 35.9 Å². The molecule has 13 heteroatoms. The molecule has 0 radical (unpaired) electrons. The van der Waals surface area contributed by atoms with Crippen LogP contribution in [0.4, 0.5) is 26.3 Å². The van der Waals surface area contributed by atoms with Crippen molar-refractivity contribution in [2.45, 2.75) is 37.7 Å². The molecule has 1 atom stereocenters. The molecule has 0 spiro atoms. The third-order valence-electron chi connectivity index (χ3n) is 5.02. The first-order chi connectivity index (χ1) is 16.8. The number of benzene rings is 2. The number of hydrogen-bond donors (Lipinski definition) is 2. The number of para-hydroxylation sites is 1. The lowest BCUT2D eigenvalue weighted by Gasteiger charge is -2.17. The molecule has 0 fully saturated rings. The Hall–Kier alpha value is -2.90. The Morgan fingerprint density at radius 1 is 0.861 bits per heavy atom. The smallest absolute Gasteiger partial charge is 0.419 e. The van der Waals surface area contributed by atoms with Gasteiger partial charge in [0, 0.05) is 5.56 Å². The number of halogens is 6. The summed E-state index contributed by atoms with van der Waals surface area (Å²) >= 11 is 0.971. The summed E-state index contributed by atoms with van der Waals surface area (Å²) in [6.45, 7) is 0.949. The fourth-order valence-electron chi connectivity index (χ4n) is 3.04. The highest BCUT2D eigenvalue weighted by atomic mass is 32.1. The number of aliphatic hydroxyl groups is 1. The van der Waals surface area contributed by atoms with E-state index in [0.29, 0.717) is 0 Å². The van der Waals surface area contributed by atoms with Gasteiger partial charge < -0.3 is 20.3 Å². The molecule has 0 bridgehead atoms. The molecule has 0 unspecified atom stereocenters. The summed E-state index contributed by atoms with van der Waals surface area (Å²) in [6, 6.07) is 8.24. The van der Waals surface area contributed by atoms with Gasteiger partial charge in [0.2, 0.25) is 0 Å². The molecule has 0 aliphatic heterocycles. The molecule has 0 saturated heterocycles. The number of nitrogens with zero attached hydrogens (tertiary/aromatic N) is 2. The van der Waals surface area contributed by atoms with Crippen LogP contribution in [0.15, 0.2) is 42.5 Å². The highest BCUT2D eigenvalue weighted by Crippen LogP contribution is 2.40. The summed E-state index contributed by atoms with van der Waals surface area (Å²) in [7, 11) is 0. The van der Waals surface area contributed by atoms with Crippen molar-refractivity contribution in [1.29, 1.82) is 0 Å². The lowest BCUT2D eigenvalue weighted by molar-refractivity contribution is -0.139. The van der Waals surface area contributed by atoms with Gasteiger partial charge in [-0.25, -0.2) is 0 Å². The highest BCUT2D eigenvalue weighted by Gasteiger charge is 2.36. The third kappa shape index (κ3) is 6.86. The van der Waals surface area contributed by atoms with Crippen LogP contribution in [-0.2, 0) is 17.9 Å². The van der Waals surface area contributed by atoms with Crippen LogP contribution in [0.3, 0.4) is 0 Å². The van der Waals surface area contributed by atoms with Crippen LogP contribution in [0.25, 0.3) is 10.6 Å². The topological polar surface area (TPSA) is 90.5 Å². The molecule has 0 aliphatic rings. The van der Waals surface area contributed by atoms with E-state index in [2.05, 4.69) is 10.2 Å². The maximum Gasteiger partial charge on any atom is 0.419 e. The number of unbranched alkanes of at least 4 members (excludes halogenated alkanes) is 1. The molecule has 0 aliphatic carbocycles. The Bertz CT molecular complexity index is 1160. The molecule has 3 rings (SSSR count). The predicted octanol–water partition coefficient (Wildman–Crippen LogP) is 5.65. The number of ether oxygens (including phenoxy) is 2. The van der Waals surface area contributed by atoms with E-state index < -0.39 is 41.4 Å². The van der Waals surface area contributed by atoms with E-state index >= 15 is 0 Å². The molecular weight excluding hydrogens is 512 g/mol. The van der Waals surface area contributed by atoms with Crippen LogP contribution < -0.4 is 15.2 Å². The van der Waals surface area contributed by atoms with Crippen LogP contribution in [-0.4, -0.2) is 35.1 Å². The van der Waals surface area contributed by atoms with Gasteiger partial charge in [0.1, 0.15) is 21.5 Å². The van der Waals surface area contributed by atoms with Crippen molar-refractivity contribution in [3.63, 3.8) is 0 Å². The number of nitrogens with two attached hydrogens (primary N) is 1. The zero-order chi connectivity index (χ0) is 26.6. The Balaban J connectivity index is 1.61. The molecule has 6 nitrogen and oxygen atoms in total. The second-order valence-electron chi connectivity index (χ2n) is 8.09. The molecule has 36 heavy (non-hydrogen) atoms. The normalized spacial score (nSPS) is 13.9. The first-order valence-electron chi connectivity index (χ1n) is 10.7. The minimum Gasteiger partial charge on any atom is -0.493 e. The first kappa shape index (κ1) is 27.7. The van der Waals surface area contributed by atoms with Gasteiger partial charge in [-0.1, -0.05) is 23.5 Å². The molecule has 0 amide bonds. The van der Waals surface area contributed by atoms with Crippen LogP contribution in [0, 0.1) is 0 Å². The van der Waals surface area contributed by atoms with Crippen LogP contribution in [0.2, 0.25) is 0 Å². The molecule has 2 aromatic carbocycles. The molecule has 196 valence electrons. The standard InChI is InChI=1S/C23H23F6N3O3S/c1-21(30,13-33)20-32-31-19(36-20)14-8-9-18(16(12-14)23(27,28)29)35-11-5-4-10-34-17-7-3-2-6-15(17)22(24,25)26/h2-3,6-9,12,33H,4-5,10-11,13,30H2,1H3/t21-/m0/s1. The average Bonchev–Trinajstić information content (AvgIpc) is 3.32. The van der Waals surface area contributed by atoms with E-state index in [4.69, 9.17) is 15.2 Å². The van der Waals surface area contributed by atoms with Crippen molar-refractivity contribution < 1.29 is 40.9 Å². The van der Waals surface area contributed by atoms with Gasteiger partial charge in [-0.2, -0.15) is 26.3 Å². The third-order valence-corrected chi connectivity index (χ3v) is 6.27.